The summed E-state index contributed by atoms with van der Waals surface area (Å²) in [5, 5.41) is 8.52. The molecule has 0 aliphatic rings. The van der Waals surface area contributed by atoms with Gasteiger partial charge < -0.3 is 15.4 Å². The Bertz CT molecular complexity index is 910. The van der Waals surface area contributed by atoms with Gasteiger partial charge in [0.05, 0.1) is 7.11 Å². The molecule has 28 heavy (non-hydrogen) atoms. The number of benzene rings is 2. The van der Waals surface area contributed by atoms with Crippen LogP contribution < -0.4 is 20.7 Å². The third-order valence-electron chi connectivity index (χ3n) is 3.88. The molecule has 3 N–H and O–H groups in total. The Kier molecular flexibility index (Phi) is 7.71. The van der Waals surface area contributed by atoms with E-state index >= 15 is 0 Å². The molecule has 0 aromatic heterocycles. The second-order valence-corrected chi connectivity index (χ2v) is 6.36. The summed E-state index contributed by atoms with van der Waals surface area (Å²) < 4.78 is 5.24. The fourth-order valence-electron chi connectivity index (χ4n) is 2.36. The zero-order valence-corrected chi connectivity index (χ0v) is 16.9. The molecule has 0 bridgehead atoms. The quantitative estimate of drug-likeness (QED) is 0.509. The first-order chi connectivity index (χ1) is 13.4. The van der Waals surface area contributed by atoms with Crippen LogP contribution in [0.15, 0.2) is 48.5 Å². The Hall–Kier alpha value is -3.19. The number of nitrogens with one attached hydrogen (secondary N) is 3. The van der Waals surface area contributed by atoms with Gasteiger partial charge in [0.2, 0.25) is 11.8 Å². The van der Waals surface area contributed by atoms with Crippen LogP contribution in [-0.4, -0.2) is 24.0 Å². The summed E-state index contributed by atoms with van der Waals surface area (Å²) in [7, 11) is 1.57. The lowest BCUT2D eigenvalue weighted by Gasteiger charge is -2.12. The van der Waals surface area contributed by atoms with Gasteiger partial charge in [-0.25, -0.2) is 0 Å². The minimum atomic E-state index is -0.366. The Morgan fingerprint density at radius 3 is 2.61 bits per heavy atom. The zero-order valence-electron chi connectivity index (χ0n) is 16.0. The summed E-state index contributed by atoms with van der Waals surface area (Å²) in [5.41, 5.74) is 3.08. The summed E-state index contributed by atoms with van der Waals surface area (Å²) in [6, 6.07) is 12.8. The number of amides is 2. The highest BCUT2D eigenvalue weighted by Gasteiger charge is 2.07. The Morgan fingerprint density at radius 2 is 1.89 bits per heavy atom. The SMILES string of the molecule is CCC(=O)Nc1cc(NC(=S)NC(=O)/C=C/c2ccccc2OC)ccc1C. The molecule has 0 aliphatic carbocycles. The van der Waals surface area contributed by atoms with Crippen LogP contribution in [0.2, 0.25) is 0 Å². The summed E-state index contributed by atoms with van der Waals surface area (Å²) in [6.07, 6.45) is 3.43. The van der Waals surface area contributed by atoms with E-state index in [1.54, 1.807) is 26.2 Å². The minimum Gasteiger partial charge on any atom is -0.496 e. The van der Waals surface area contributed by atoms with E-state index in [1.807, 2.05) is 43.3 Å². The van der Waals surface area contributed by atoms with E-state index in [1.165, 1.54) is 6.08 Å². The van der Waals surface area contributed by atoms with Gasteiger partial charge in [0.1, 0.15) is 5.75 Å². The van der Waals surface area contributed by atoms with Gasteiger partial charge in [-0.05, 0) is 49.0 Å². The molecular formula is C21H23N3O3S. The third kappa shape index (κ3) is 6.21. The summed E-state index contributed by atoms with van der Waals surface area (Å²) in [5.74, 6) is 0.237. The average Bonchev–Trinajstić information content (AvgIpc) is 2.68. The van der Waals surface area contributed by atoms with Gasteiger partial charge in [-0.15, -0.1) is 0 Å². The van der Waals surface area contributed by atoms with E-state index in [0.717, 1.165) is 11.1 Å². The summed E-state index contributed by atoms with van der Waals surface area (Å²) in [6.45, 7) is 3.69. The van der Waals surface area contributed by atoms with Crippen molar-refractivity contribution >= 4 is 46.6 Å². The van der Waals surface area contributed by atoms with E-state index in [4.69, 9.17) is 17.0 Å². The first-order valence-electron chi connectivity index (χ1n) is 8.76. The second kappa shape index (κ2) is 10.2. The first kappa shape index (κ1) is 21.1. The highest BCUT2D eigenvalue weighted by atomic mass is 32.1. The number of thiocarbonyl (C=S) groups is 1. The van der Waals surface area contributed by atoms with Gasteiger partial charge >= 0.3 is 0 Å². The van der Waals surface area contributed by atoms with Crippen molar-refractivity contribution in [1.29, 1.82) is 0 Å². The molecule has 2 aromatic carbocycles. The van der Waals surface area contributed by atoms with Crippen molar-refractivity contribution in [2.24, 2.45) is 0 Å². The van der Waals surface area contributed by atoms with Crippen molar-refractivity contribution in [3.05, 3.63) is 59.7 Å². The number of anilines is 2. The molecule has 2 amide bonds. The Morgan fingerprint density at radius 1 is 1.14 bits per heavy atom. The normalized spacial score (nSPS) is 10.4. The number of carbonyl (C=O) groups excluding carboxylic acids is 2. The topological polar surface area (TPSA) is 79.5 Å². The van der Waals surface area contributed by atoms with Crippen molar-refractivity contribution in [2.45, 2.75) is 20.3 Å². The fraction of sp³-hybridized carbons (Fsp3) is 0.190. The van der Waals surface area contributed by atoms with Crippen LogP contribution in [0.25, 0.3) is 6.08 Å². The maximum Gasteiger partial charge on any atom is 0.250 e. The molecule has 0 atom stereocenters. The summed E-state index contributed by atoms with van der Waals surface area (Å²) >= 11 is 5.19. The molecule has 0 spiro atoms. The number of aryl methyl sites for hydroxylation is 1. The number of hydrogen-bond donors (Lipinski definition) is 3. The number of ether oxygens (including phenoxy) is 1. The number of rotatable bonds is 6. The molecule has 0 aliphatic heterocycles. The predicted octanol–water partition coefficient (Wildman–Crippen LogP) is 3.88. The second-order valence-electron chi connectivity index (χ2n) is 5.95. The largest absolute Gasteiger partial charge is 0.496 e. The number of carbonyl (C=O) groups is 2. The van der Waals surface area contributed by atoms with E-state index < -0.39 is 0 Å². The molecule has 7 heteroatoms. The van der Waals surface area contributed by atoms with Crippen LogP contribution in [0.1, 0.15) is 24.5 Å². The van der Waals surface area contributed by atoms with Crippen LogP contribution in [0.4, 0.5) is 11.4 Å². The zero-order chi connectivity index (χ0) is 20.5. The Balaban J connectivity index is 1.98. The van der Waals surface area contributed by atoms with E-state index in [0.29, 0.717) is 23.5 Å². The Labute approximate surface area is 170 Å². The molecule has 0 unspecified atom stereocenters. The molecule has 0 saturated heterocycles. The number of para-hydroxylation sites is 1. The van der Waals surface area contributed by atoms with Crippen LogP contribution in [-0.2, 0) is 9.59 Å². The molecule has 146 valence electrons. The molecule has 0 heterocycles. The van der Waals surface area contributed by atoms with Crippen molar-refractivity contribution in [3.8, 4) is 5.75 Å². The third-order valence-corrected chi connectivity index (χ3v) is 4.08. The van der Waals surface area contributed by atoms with Crippen molar-refractivity contribution in [1.82, 2.24) is 5.32 Å². The highest BCUT2D eigenvalue weighted by Crippen LogP contribution is 2.21. The van der Waals surface area contributed by atoms with Crippen LogP contribution in [0.5, 0.6) is 5.75 Å². The van der Waals surface area contributed by atoms with Gasteiger partial charge in [0.25, 0.3) is 0 Å². The van der Waals surface area contributed by atoms with Gasteiger partial charge in [-0.3, -0.25) is 14.9 Å². The van der Waals surface area contributed by atoms with Crippen molar-refractivity contribution in [2.75, 3.05) is 17.7 Å². The van der Waals surface area contributed by atoms with E-state index in [-0.39, 0.29) is 16.9 Å². The smallest absolute Gasteiger partial charge is 0.250 e. The maximum absolute atomic E-state index is 12.1. The number of methoxy groups -OCH3 is 1. The minimum absolute atomic E-state index is 0.0717. The molecule has 6 nitrogen and oxygen atoms in total. The van der Waals surface area contributed by atoms with Gasteiger partial charge in [-0.1, -0.05) is 31.2 Å². The average molecular weight is 398 g/mol. The molecule has 2 aromatic rings. The molecule has 0 fully saturated rings. The van der Waals surface area contributed by atoms with E-state index in [2.05, 4.69) is 16.0 Å². The van der Waals surface area contributed by atoms with Crippen molar-refractivity contribution < 1.29 is 14.3 Å². The summed E-state index contributed by atoms with van der Waals surface area (Å²) in [4.78, 5) is 23.7. The molecule has 2 rings (SSSR count). The maximum atomic E-state index is 12.1. The van der Waals surface area contributed by atoms with Crippen molar-refractivity contribution in [3.63, 3.8) is 0 Å². The van der Waals surface area contributed by atoms with Crippen LogP contribution in [0.3, 0.4) is 0 Å². The predicted molar refractivity (Wildman–Crippen MR) is 116 cm³/mol. The van der Waals surface area contributed by atoms with Gasteiger partial charge in [-0.2, -0.15) is 0 Å². The molecule has 0 saturated carbocycles. The lowest BCUT2D eigenvalue weighted by atomic mass is 10.1. The highest BCUT2D eigenvalue weighted by molar-refractivity contribution is 7.80. The lowest BCUT2D eigenvalue weighted by molar-refractivity contribution is -0.116. The fourth-order valence-corrected chi connectivity index (χ4v) is 2.58. The van der Waals surface area contributed by atoms with Gasteiger partial charge in [0, 0.05) is 29.4 Å². The van der Waals surface area contributed by atoms with Crippen LogP contribution in [0, 0.1) is 6.92 Å². The number of hydrogen-bond acceptors (Lipinski definition) is 4. The monoisotopic (exact) mass is 397 g/mol. The standard InChI is InChI=1S/C21H23N3O3S/c1-4-19(25)23-17-13-16(11-9-14(17)2)22-21(28)24-20(26)12-10-15-7-5-6-8-18(15)27-3/h5-13H,4H2,1-3H3,(H,23,25)(H2,22,24,26,28)/b12-10+. The van der Waals surface area contributed by atoms with Crippen LogP contribution >= 0.6 is 12.2 Å². The van der Waals surface area contributed by atoms with Gasteiger partial charge in [0.15, 0.2) is 5.11 Å². The first-order valence-corrected chi connectivity index (χ1v) is 9.17. The molecular weight excluding hydrogens is 374 g/mol. The molecule has 0 radical (unpaired) electrons. The van der Waals surface area contributed by atoms with E-state index in [9.17, 15) is 9.59 Å². The lowest BCUT2D eigenvalue weighted by Crippen LogP contribution is -2.32.